The van der Waals surface area contributed by atoms with Crippen molar-refractivity contribution in [2.45, 2.75) is 39.3 Å². The Morgan fingerprint density at radius 3 is 2.68 bits per heavy atom. The van der Waals surface area contributed by atoms with Crippen molar-refractivity contribution in [2.75, 3.05) is 13.1 Å². The summed E-state index contributed by atoms with van der Waals surface area (Å²) in [6.45, 7) is 7.80. The van der Waals surface area contributed by atoms with E-state index in [4.69, 9.17) is 21.9 Å². The Morgan fingerprint density at radius 2 is 2.18 bits per heavy atom. The van der Waals surface area contributed by atoms with E-state index in [0.29, 0.717) is 11.6 Å². The summed E-state index contributed by atoms with van der Waals surface area (Å²) in [5.41, 5.74) is 8.80. The molecule has 0 saturated carbocycles. The fourth-order valence-electron chi connectivity index (χ4n) is 2.01. The number of azide groups is 1. The van der Waals surface area contributed by atoms with Crippen LogP contribution in [0.1, 0.15) is 39.3 Å². The van der Waals surface area contributed by atoms with E-state index in [2.05, 4.69) is 10.0 Å². The lowest BCUT2D eigenvalue weighted by atomic mass is 10.1. The highest BCUT2D eigenvalue weighted by Crippen LogP contribution is 2.25. The maximum Gasteiger partial charge on any atom is 0.410 e. The van der Waals surface area contributed by atoms with Gasteiger partial charge >= 0.3 is 6.09 Å². The van der Waals surface area contributed by atoms with E-state index < -0.39 is 17.7 Å². The van der Waals surface area contributed by atoms with Crippen LogP contribution in [0.4, 0.5) is 4.79 Å². The molecule has 0 fully saturated rings. The summed E-state index contributed by atoms with van der Waals surface area (Å²) >= 11 is 6.02. The number of hydrogen-bond donors (Lipinski definition) is 0. The Morgan fingerprint density at radius 1 is 1.50 bits per heavy atom. The predicted molar refractivity (Wildman–Crippen MR) is 86.8 cm³/mol. The Labute approximate surface area is 135 Å². The Balaban J connectivity index is 3.12. The minimum Gasteiger partial charge on any atom is -0.444 e. The van der Waals surface area contributed by atoms with E-state index >= 15 is 0 Å². The Hall–Kier alpha value is -1.91. The number of hydrogen-bond acceptors (Lipinski definition) is 3. The summed E-state index contributed by atoms with van der Waals surface area (Å²) in [7, 11) is 0. The number of nitrogens with zero attached hydrogens (tertiary/aromatic N) is 4. The second kappa shape index (κ2) is 7.92. The molecule has 0 heterocycles. The molecule has 0 aliphatic rings. The topological polar surface area (TPSA) is 78.3 Å². The van der Waals surface area contributed by atoms with Gasteiger partial charge in [-0.05, 0) is 50.9 Å². The number of carbonyl (C=O) groups excluding carboxylic acids is 1. The van der Waals surface area contributed by atoms with Gasteiger partial charge in [0.2, 0.25) is 0 Å². The zero-order valence-corrected chi connectivity index (χ0v) is 14.0. The molecule has 120 valence electrons. The van der Waals surface area contributed by atoms with Crippen molar-refractivity contribution in [3.8, 4) is 0 Å². The predicted octanol–water partition coefficient (Wildman–Crippen LogP) is 4.95. The molecule has 0 spiro atoms. The minimum absolute atomic E-state index is 0.115. The molecule has 0 bridgehead atoms. The number of benzene rings is 1. The number of carbonyl (C=O) groups is 1. The van der Waals surface area contributed by atoms with Crippen molar-refractivity contribution >= 4 is 17.7 Å². The van der Waals surface area contributed by atoms with E-state index in [9.17, 15) is 4.79 Å². The third-order valence-corrected chi connectivity index (χ3v) is 3.13. The fraction of sp³-hybridized carbons (Fsp3) is 0.533. The number of halogens is 1. The normalized spacial score (nSPS) is 12.2. The number of ether oxygens (including phenoxy) is 1. The molecule has 0 N–H and O–H groups in total. The lowest BCUT2D eigenvalue weighted by molar-refractivity contribution is 0.0177. The van der Waals surface area contributed by atoms with Crippen LogP contribution in [0.25, 0.3) is 10.4 Å². The molecule has 6 nitrogen and oxygen atoms in total. The van der Waals surface area contributed by atoms with Crippen LogP contribution in [0.15, 0.2) is 29.4 Å². The summed E-state index contributed by atoms with van der Waals surface area (Å²) in [5.74, 6) is 0. The van der Waals surface area contributed by atoms with Crippen molar-refractivity contribution in [3.63, 3.8) is 0 Å². The van der Waals surface area contributed by atoms with Gasteiger partial charge in [0, 0.05) is 16.5 Å². The molecule has 0 unspecified atom stereocenters. The first kappa shape index (κ1) is 18.1. The van der Waals surface area contributed by atoms with E-state index in [-0.39, 0.29) is 6.54 Å². The van der Waals surface area contributed by atoms with E-state index in [1.807, 2.05) is 13.0 Å². The van der Waals surface area contributed by atoms with Crippen molar-refractivity contribution in [1.82, 2.24) is 4.90 Å². The summed E-state index contributed by atoms with van der Waals surface area (Å²) in [6.07, 6.45) is -0.451. The largest absolute Gasteiger partial charge is 0.444 e. The van der Waals surface area contributed by atoms with Gasteiger partial charge in [-0.3, -0.25) is 0 Å². The third-order valence-electron chi connectivity index (χ3n) is 2.90. The Bertz CT molecular complexity index is 565. The van der Waals surface area contributed by atoms with Gasteiger partial charge in [-0.1, -0.05) is 28.8 Å². The highest BCUT2D eigenvalue weighted by Gasteiger charge is 2.28. The van der Waals surface area contributed by atoms with Crippen molar-refractivity contribution < 1.29 is 9.53 Å². The van der Waals surface area contributed by atoms with Crippen molar-refractivity contribution in [3.05, 3.63) is 45.3 Å². The molecule has 0 aliphatic heterocycles. The first-order valence-electron chi connectivity index (χ1n) is 7.04. The van der Waals surface area contributed by atoms with Crippen LogP contribution in [-0.4, -0.2) is 29.7 Å². The molecule has 22 heavy (non-hydrogen) atoms. The second-order valence-corrected chi connectivity index (χ2v) is 6.19. The zero-order chi connectivity index (χ0) is 16.8. The smallest absolute Gasteiger partial charge is 0.410 e. The lowest BCUT2D eigenvalue weighted by Crippen LogP contribution is -2.40. The average Bonchev–Trinajstić information content (AvgIpc) is 2.41. The second-order valence-electron chi connectivity index (χ2n) is 5.75. The summed E-state index contributed by atoms with van der Waals surface area (Å²) in [4.78, 5) is 16.7. The van der Waals surface area contributed by atoms with Gasteiger partial charge in [-0.25, -0.2) is 4.79 Å². The van der Waals surface area contributed by atoms with E-state index in [1.165, 1.54) is 4.90 Å². The van der Waals surface area contributed by atoms with Crippen LogP contribution >= 0.6 is 11.6 Å². The number of likely N-dealkylation sites (N-methyl/N-ethyl adjacent to an activating group) is 1. The first-order chi connectivity index (χ1) is 10.3. The zero-order valence-electron chi connectivity index (χ0n) is 13.3. The standard InChI is InChI=1S/C15H21ClN4O2/c1-5-20(14(21)22-15(2,3)4)13(10-18-19-17)11-7-6-8-12(16)9-11/h6-9,13H,5,10H2,1-4H3/t13-/m1/s1. The van der Waals surface area contributed by atoms with Crippen molar-refractivity contribution in [2.24, 2.45) is 5.11 Å². The monoisotopic (exact) mass is 324 g/mol. The summed E-state index contributed by atoms with van der Waals surface area (Å²) < 4.78 is 5.42. The first-order valence-corrected chi connectivity index (χ1v) is 7.42. The van der Waals surface area contributed by atoms with Gasteiger partial charge in [0.15, 0.2) is 0 Å². The molecule has 0 aliphatic carbocycles. The average molecular weight is 325 g/mol. The van der Waals surface area contributed by atoms with Crippen LogP contribution in [0, 0.1) is 0 Å². The minimum atomic E-state index is -0.595. The van der Waals surface area contributed by atoms with Gasteiger partial charge in [0.1, 0.15) is 5.60 Å². The van der Waals surface area contributed by atoms with Crippen LogP contribution in [0.5, 0.6) is 0 Å². The maximum absolute atomic E-state index is 12.4. The van der Waals surface area contributed by atoms with Gasteiger partial charge in [0.25, 0.3) is 0 Å². The number of rotatable bonds is 5. The van der Waals surface area contributed by atoms with Gasteiger partial charge in [-0.2, -0.15) is 0 Å². The lowest BCUT2D eigenvalue weighted by Gasteiger charge is -2.32. The van der Waals surface area contributed by atoms with E-state index in [0.717, 1.165) is 5.56 Å². The molecule has 1 amide bonds. The van der Waals surface area contributed by atoms with Crippen LogP contribution in [-0.2, 0) is 4.74 Å². The Kier molecular flexibility index (Phi) is 6.53. The third kappa shape index (κ3) is 5.47. The maximum atomic E-state index is 12.4. The van der Waals surface area contributed by atoms with Crippen molar-refractivity contribution in [1.29, 1.82) is 0 Å². The molecule has 1 rings (SSSR count). The molecular weight excluding hydrogens is 304 g/mol. The highest BCUT2D eigenvalue weighted by molar-refractivity contribution is 6.30. The van der Waals surface area contributed by atoms with Crippen LogP contribution in [0.2, 0.25) is 5.02 Å². The molecule has 0 saturated heterocycles. The van der Waals surface area contributed by atoms with Gasteiger partial charge < -0.3 is 9.64 Å². The molecule has 0 radical (unpaired) electrons. The van der Waals surface area contributed by atoms with Crippen LogP contribution < -0.4 is 0 Å². The fourth-order valence-corrected chi connectivity index (χ4v) is 2.21. The molecule has 1 atom stereocenters. The summed E-state index contributed by atoms with van der Waals surface area (Å²) in [6, 6.07) is 6.72. The van der Waals surface area contributed by atoms with E-state index in [1.54, 1.807) is 39.0 Å². The van der Waals surface area contributed by atoms with Gasteiger partial charge in [0.05, 0.1) is 12.6 Å². The highest BCUT2D eigenvalue weighted by atomic mass is 35.5. The number of amides is 1. The molecule has 1 aromatic carbocycles. The summed E-state index contributed by atoms with van der Waals surface area (Å²) in [5, 5.41) is 4.17. The molecule has 1 aromatic rings. The van der Waals surface area contributed by atoms with Gasteiger partial charge in [-0.15, -0.1) is 0 Å². The quantitative estimate of drug-likeness (QED) is 0.436. The van der Waals surface area contributed by atoms with Crippen LogP contribution in [0.3, 0.4) is 0 Å². The molecular formula is C15H21ClN4O2. The molecule has 7 heteroatoms. The molecule has 0 aromatic heterocycles. The SMILES string of the molecule is CCN(C(=O)OC(C)(C)C)[C@H](CN=[N+]=[N-])c1cccc(Cl)c1.